The van der Waals surface area contributed by atoms with E-state index in [0.29, 0.717) is 10.7 Å². The van der Waals surface area contributed by atoms with Crippen LogP contribution in [0.4, 0.5) is 17.1 Å². The van der Waals surface area contributed by atoms with Gasteiger partial charge in [0.25, 0.3) is 0 Å². The molecule has 0 radical (unpaired) electrons. The molecule has 0 aromatic heterocycles. The van der Waals surface area contributed by atoms with Crippen LogP contribution in [-0.4, -0.2) is 0 Å². The van der Waals surface area contributed by atoms with Gasteiger partial charge >= 0.3 is 0 Å². The number of nitrogens with two attached hydrogens (primary N) is 1. The third-order valence-electron chi connectivity index (χ3n) is 3.13. The van der Waals surface area contributed by atoms with Crippen molar-refractivity contribution in [1.29, 1.82) is 0 Å². The van der Waals surface area contributed by atoms with Crippen LogP contribution in [0, 0.1) is 0 Å². The van der Waals surface area contributed by atoms with Gasteiger partial charge in [-0.15, -0.1) is 0 Å². The third-order valence-corrected chi connectivity index (χ3v) is 4.14. The van der Waals surface area contributed by atoms with Gasteiger partial charge < -0.3 is 11.1 Å². The minimum Gasteiger partial charge on any atom is -0.399 e. The van der Waals surface area contributed by atoms with Gasteiger partial charge in [0.1, 0.15) is 0 Å². The Morgan fingerprint density at radius 1 is 0.900 bits per heavy atom. The molecular formula is C16H12BrClN2. The topological polar surface area (TPSA) is 38.0 Å². The molecule has 0 heterocycles. The molecule has 0 saturated carbocycles. The van der Waals surface area contributed by atoms with Gasteiger partial charge in [-0.1, -0.05) is 51.8 Å². The summed E-state index contributed by atoms with van der Waals surface area (Å²) in [5.74, 6) is 0. The van der Waals surface area contributed by atoms with E-state index >= 15 is 0 Å². The molecule has 0 bridgehead atoms. The maximum Gasteiger partial charge on any atom is 0.0661 e. The van der Waals surface area contributed by atoms with Gasteiger partial charge in [-0.05, 0) is 35.7 Å². The number of fused-ring (bicyclic) bond motifs is 1. The van der Waals surface area contributed by atoms with Crippen molar-refractivity contribution in [3.05, 3.63) is 64.1 Å². The number of benzene rings is 3. The van der Waals surface area contributed by atoms with Crippen LogP contribution in [0.5, 0.6) is 0 Å². The predicted molar refractivity (Wildman–Crippen MR) is 90.8 cm³/mol. The summed E-state index contributed by atoms with van der Waals surface area (Å²) in [5.41, 5.74) is 8.22. The number of rotatable bonds is 2. The fourth-order valence-electron chi connectivity index (χ4n) is 2.15. The summed E-state index contributed by atoms with van der Waals surface area (Å²) in [6, 6.07) is 17.7. The molecule has 0 amide bonds. The predicted octanol–water partition coefficient (Wildman–Crippen LogP) is 5.58. The van der Waals surface area contributed by atoms with Crippen LogP contribution < -0.4 is 11.1 Å². The van der Waals surface area contributed by atoms with Gasteiger partial charge in [0.05, 0.1) is 10.7 Å². The Morgan fingerprint density at radius 3 is 2.35 bits per heavy atom. The molecule has 0 unspecified atom stereocenters. The molecule has 0 aliphatic carbocycles. The fourth-order valence-corrected chi connectivity index (χ4v) is 2.86. The van der Waals surface area contributed by atoms with Crippen molar-refractivity contribution >= 4 is 55.4 Å². The maximum absolute atomic E-state index is 6.21. The molecule has 0 aliphatic heterocycles. The minimum atomic E-state index is 0.608. The summed E-state index contributed by atoms with van der Waals surface area (Å²) in [6.45, 7) is 0. The lowest BCUT2D eigenvalue weighted by atomic mass is 10.1. The van der Waals surface area contributed by atoms with E-state index < -0.39 is 0 Å². The Kier molecular flexibility index (Phi) is 3.55. The monoisotopic (exact) mass is 346 g/mol. The zero-order chi connectivity index (χ0) is 14.1. The first-order chi connectivity index (χ1) is 9.65. The molecule has 100 valence electrons. The molecule has 2 nitrogen and oxygen atoms in total. The Hall–Kier alpha value is -1.71. The Labute approximate surface area is 130 Å². The second-order valence-corrected chi connectivity index (χ2v) is 5.77. The second-order valence-electron chi connectivity index (χ2n) is 4.50. The first-order valence-electron chi connectivity index (χ1n) is 6.14. The summed E-state index contributed by atoms with van der Waals surface area (Å²) in [4.78, 5) is 0. The number of hydrogen-bond donors (Lipinski definition) is 2. The van der Waals surface area contributed by atoms with E-state index in [1.807, 2.05) is 36.4 Å². The molecule has 0 atom stereocenters. The standard InChI is InChI=1S/C16H12BrClN2/c17-13-6-8-15(12-4-2-1-3-11(12)13)20-16-7-5-10(19)9-14(16)18/h1-9,20H,19H2. The van der Waals surface area contributed by atoms with Gasteiger partial charge in [0, 0.05) is 21.2 Å². The lowest BCUT2D eigenvalue weighted by Gasteiger charge is -2.12. The van der Waals surface area contributed by atoms with Crippen LogP contribution in [-0.2, 0) is 0 Å². The molecule has 3 aromatic carbocycles. The minimum absolute atomic E-state index is 0.608. The first-order valence-corrected chi connectivity index (χ1v) is 7.31. The zero-order valence-corrected chi connectivity index (χ0v) is 12.9. The average Bonchev–Trinajstić information content (AvgIpc) is 2.45. The highest BCUT2D eigenvalue weighted by Crippen LogP contribution is 2.34. The van der Waals surface area contributed by atoms with Crippen LogP contribution in [0.25, 0.3) is 10.8 Å². The molecule has 0 saturated heterocycles. The Morgan fingerprint density at radius 2 is 1.60 bits per heavy atom. The second kappa shape index (κ2) is 5.35. The average molecular weight is 348 g/mol. The highest BCUT2D eigenvalue weighted by Gasteiger charge is 2.06. The zero-order valence-electron chi connectivity index (χ0n) is 10.5. The lowest BCUT2D eigenvalue weighted by Crippen LogP contribution is -1.94. The van der Waals surface area contributed by atoms with Crippen molar-refractivity contribution in [3.63, 3.8) is 0 Å². The highest BCUT2D eigenvalue weighted by atomic mass is 79.9. The quantitative estimate of drug-likeness (QED) is 0.594. The van der Waals surface area contributed by atoms with Crippen LogP contribution in [0.2, 0.25) is 5.02 Å². The van der Waals surface area contributed by atoms with Crippen LogP contribution in [0.3, 0.4) is 0 Å². The van der Waals surface area contributed by atoms with Crippen molar-refractivity contribution < 1.29 is 0 Å². The Bertz CT molecular complexity index is 787. The summed E-state index contributed by atoms with van der Waals surface area (Å²) < 4.78 is 1.07. The Balaban J connectivity index is 2.09. The van der Waals surface area contributed by atoms with Crippen molar-refractivity contribution in [2.45, 2.75) is 0 Å². The number of halogens is 2. The number of hydrogen-bond acceptors (Lipinski definition) is 2. The van der Waals surface area contributed by atoms with E-state index in [9.17, 15) is 0 Å². The van der Waals surface area contributed by atoms with Gasteiger partial charge in [-0.2, -0.15) is 0 Å². The van der Waals surface area contributed by atoms with E-state index in [0.717, 1.165) is 26.6 Å². The first kappa shape index (κ1) is 13.3. The van der Waals surface area contributed by atoms with Crippen molar-refractivity contribution in [2.24, 2.45) is 0 Å². The number of nitrogen functional groups attached to an aromatic ring is 1. The summed E-state index contributed by atoms with van der Waals surface area (Å²) in [7, 11) is 0. The fraction of sp³-hybridized carbons (Fsp3) is 0. The van der Waals surface area contributed by atoms with Crippen molar-refractivity contribution in [2.75, 3.05) is 11.1 Å². The van der Waals surface area contributed by atoms with E-state index in [1.165, 1.54) is 0 Å². The van der Waals surface area contributed by atoms with Crippen LogP contribution in [0.1, 0.15) is 0 Å². The molecule has 3 aromatic rings. The molecule has 0 fully saturated rings. The van der Waals surface area contributed by atoms with Crippen molar-refractivity contribution in [1.82, 2.24) is 0 Å². The molecule has 0 aliphatic rings. The maximum atomic E-state index is 6.21. The third kappa shape index (κ3) is 2.47. The summed E-state index contributed by atoms with van der Waals surface area (Å²) in [5, 5.41) is 6.26. The van der Waals surface area contributed by atoms with Gasteiger partial charge in [-0.25, -0.2) is 0 Å². The van der Waals surface area contributed by atoms with Crippen LogP contribution in [0.15, 0.2) is 59.1 Å². The highest BCUT2D eigenvalue weighted by molar-refractivity contribution is 9.10. The summed E-state index contributed by atoms with van der Waals surface area (Å²) >= 11 is 9.78. The van der Waals surface area contributed by atoms with Gasteiger partial charge in [-0.3, -0.25) is 0 Å². The summed E-state index contributed by atoms with van der Waals surface area (Å²) in [6.07, 6.45) is 0. The smallest absolute Gasteiger partial charge is 0.0661 e. The normalized spacial score (nSPS) is 10.7. The van der Waals surface area contributed by atoms with E-state index in [-0.39, 0.29) is 0 Å². The molecule has 20 heavy (non-hydrogen) atoms. The lowest BCUT2D eigenvalue weighted by molar-refractivity contribution is 1.56. The molecule has 4 heteroatoms. The number of anilines is 3. The SMILES string of the molecule is Nc1ccc(Nc2ccc(Br)c3ccccc23)c(Cl)c1. The largest absolute Gasteiger partial charge is 0.399 e. The van der Waals surface area contributed by atoms with Gasteiger partial charge in [0.2, 0.25) is 0 Å². The van der Waals surface area contributed by atoms with E-state index in [2.05, 4.69) is 33.4 Å². The molecule has 0 spiro atoms. The van der Waals surface area contributed by atoms with E-state index in [4.69, 9.17) is 17.3 Å². The van der Waals surface area contributed by atoms with Crippen molar-refractivity contribution in [3.8, 4) is 0 Å². The molecular weight excluding hydrogens is 336 g/mol. The molecule has 3 N–H and O–H groups in total. The number of nitrogens with one attached hydrogen (secondary N) is 1. The molecule has 3 rings (SSSR count). The van der Waals surface area contributed by atoms with Crippen LogP contribution >= 0.6 is 27.5 Å². The van der Waals surface area contributed by atoms with Gasteiger partial charge in [0.15, 0.2) is 0 Å². The van der Waals surface area contributed by atoms with E-state index in [1.54, 1.807) is 6.07 Å².